The average Bonchev–Trinajstić information content (AvgIpc) is 2.34. The van der Waals surface area contributed by atoms with Gasteiger partial charge in [0.05, 0.1) is 12.5 Å². The van der Waals surface area contributed by atoms with E-state index in [1.54, 1.807) is 30.6 Å². The van der Waals surface area contributed by atoms with Crippen LogP contribution in [0.3, 0.4) is 0 Å². The minimum absolute atomic E-state index is 0.320. The van der Waals surface area contributed by atoms with E-state index in [0.717, 1.165) is 16.7 Å². The summed E-state index contributed by atoms with van der Waals surface area (Å²) in [6.07, 6.45) is 3.68. The maximum atomic E-state index is 8.79. The maximum absolute atomic E-state index is 8.79. The normalized spacial score (nSPS) is 9.94. The lowest BCUT2D eigenvalue weighted by atomic mass is 10.0. The van der Waals surface area contributed by atoms with Gasteiger partial charge in [0.15, 0.2) is 0 Å². The number of hydrogen-bond donors (Lipinski definition) is 0. The molecular weight excluding hydrogens is 255 g/mol. The van der Waals surface area contributed by atoms with Crippen LogP contribution in [0.1, 0.15) is 5.56 Å². The summed E-state index contributed by atoms with van der Waals surface area (Å²) in [7, 11) is 0. The quantitative estimate of drug-likeness (QED) is 0.817. The third-order valence-electron chi connectivity index (χ3n) is 2.40. The Hall–Kier alpha value is -1.56. The number of nitriles is 1. The predicted octanol–water partition coefficient (Wildman–Crippen LogP) is 4.12. The summed E-state index contributed by atoms with van der Waals surface area (Å²) in [6, 6.07) is 9.19. The fraction of sp³-hybridized carbons (Fsp3) is 0.0769. The van der Waals surface area contributed by atoms with Crippen LogP contribution in [0.5, 0.6) is 0 Å². The van der Waals surface area contributed by atoms with Gasteiger partial charge in [-0.05, 0) is 29.8 Å². The molecule has 0 saturated carbocycles. The number of benzene rings is 1. The molecule has 0 amide bonds. The lowest BCUT2D eigenvalue weighted by Crippen LogP contribution is -1.90. The van der Waals surface area contributed by atoms with Crippen molar-refractivity contribution < 1.29 is 0 Å². The van der Waals surface area contributed by atoms with Crippen molar-refractivity contribution in [3.8, 4) is 17.2 Å². The minimum atomic E-state index is 0.320. The van der Waals surface area contributed by atoms with E-state index in [0.29, 0.717) is 16.5 Å². The Balaban J connectivity index is 2.60. The fourth-order valence-electron chi connectivity index (χ4n) is 1.61. The zero-order valence-electron chi connectivity index (χ0n) is 8.82. The van der Waals surface area contributed by atoms with Gasteiger partial charge in [-0.2, -0.15) is 5.26 Å². The van der Waals surface area contributed by atoms with Crippen LogP contribution in [-0.4, -0.2) is 4.98 Å². The number of pyridine rings is 1. The minimum Gasteiger partial charge on any atom is -0.264 e. The van der Waals surface area contributed by atoms with Crippen molar-refractivity contribution >= 4 is 23.2 Å². The van der Waals surface area contributed by atoms with E-state index in [-0.39, 0.29) is 0 Å². The van der Waals surface area contributed by atoms with Crippen molar-refractivity contribution in [3.05, 3.63) is 52.3 Å². The first-order valence-electron chi connectivity index (χ1n) is 4.97. The Bertz CT molecular complexity index is 588. The first kappa shape index (κ1) is 11.9. The van der Waals surface area contributed by atoms with Crippen LogP contribution in [0, 0.1) is 11.3 Å². The van der Waals surface area contributed by atoms with Crippen LogP contribution in [0.15, 0.2) is 36.7 Å². The smallest absolute Gasteiger partial charge is 0.0669 e. The summed E-state index contributed by atoms with van der Waals surface area (Å²) in [5.74, 6) is 0. The lowest BCUT2D eigenvalue weighted by molar-refractivity contribution is 1.21. The molecule has 0 N–H and O–H groups in total. The number of aromatic nitrogens is 1. The summed E-state index contributed by atoms with van der Waals surface area (Å²) in [6.45, 7) is 0. The van der Waals surface area contributed by atoms with Crippen LogP contribution < -0.4 is 0 Å². The molecule has 0 atom stereocenters. The first-order chi connectivity index (χ1) is 8.22. The molecule has 0 fully saturated rings. The van der Waals surface area contributed by atoms with Crippen LogP contribution >= 0.6 is 23.2 Å². The molecule has 4 heteroatoms. The number of hydrogen-bond acceptors (Lipinski definition) is 2. The number of halogens is 2. The van der Waals surface area contributed by atoms with Crippen molar-refractivity contribution in [2.45, 2.75) is 6.42 Å². The summed E-state index contributed by atoms with van der Waals surface area (Å²) in [5, 5.41) is 9.99. The first-order valence-corrected chi connectivity index (χ1v) is 5.73. The molecule has 0 aliphatic carbocycles. The van der Waals surface area contributed by atoms with Gasteiger partial charge in [0.2, 0.25) is 0 Å². The summed E-state index contributed by atoms with van der Waals surface area (Å²) < 4.78 is 0. The highest BCUT2D eigenvalue weighted by molar-refractivity contribution is 6.35. The lowest BCUT2D eigenvalue weighted by Gasteiger charge is -2.08. The summed E-state index contributed by atoms with van der Waals surface area (Å²) in [5.41, 5.74) is 2.55. The van der Waals surface area contributed by atoms with Gasteiger partial charge in [-0.25, -0.2) is 0 Å². The standard InChI is InChI=1S/C13H8Cl2N2/c14-10-1-2-13(15)11(7-10)12-8-17-6-4-9(12)3-5-16/h1-2,4,6-8H,3H2. The van der Waals surface area contributed by atoms with Crippen LogP contribution in [0.2, 0.25) is 10.0 Å². The molecule has 0 bridgehead atoms. The van der Waals surface area contributed by atoms with Gasteiger partial charge in [0, 0.05) is 33.6 Å². The van der Waals surface area contributed by atoms with Crippen molar-refractivity contribution in [2.75, 3.05) is 0 Å². The van der Waals surface area contributed by atoms with E-state index in [1.165, 1.54) is 0 Å². The molecule has 1 aromatic heterocycles. The molecule has 2 rings (SSSR count). The van der Waals surface area contributed by atoms with E-state index >= 15 is 0 Å². The van der Waals surface area contributed by atoms with Gasteiger partial charge < -0.3 is 0 Å². The van der Waals surface area contributed by atoms with E-state index in [2.05, 4.69) is 11.1 Å². The van der Waals surface area contributed by atoms with Gasteiger partial charge in [0.25, 0.3) is 0 Å². The molecule has 0 aliphatic rings. The summed E-state index contributed by atoms with van der Waals surface area (Å²) >= 11 is 12.1. The molecule has 0 aliphatic heterocycles. The molecule has 0 radical (unpaired) electrons. The topological polar surface area (TPSA) is 36.7 Å². The van der Waals surface area contributed by atoms with Crippen molar-refractivity contribution in [2.24, 2.45) is 0 Å². The molecular formula is C13H8Cl2N2. The second-order valence-electron chi connectivity index (χ2n) is 3.49. The van der Waals surface area contributed by atoms with Crippen molar-refractivity contribution in [1.29, 1.82) is 5.26 Å². The highest BCUT2D eigenvalue weighted by atomic mass is 35.5. The highest BCUT2D eigenvalue weighted by Crippen LogP contribution is 2.32. The third kappa shape index (κ3) is 2.58. The second kappa shape index (κ2) is 5.18. The molecule has 2 aromatic rings. The molecule has 17 heavy (non-hydrogen) atoms. The van der Waals surface area contributed by atoms with Crippen LogP contribution in [0.25, 0.3) is 11.1 Å². The molecule has 2 nitrogen and oxygen atoms in total. The average molecular weight is 263 g/mol. The molecule has 1 aromatic carbocycles. The van der Waals surface area contributed by atoms with Gasteiger partial charge in [-0.15, -0.1) is 0 Å². The van der Waals surface area contributed by atoms with E-state index < -0.39 is 0 Å². The van der Waals surface area contributed by atoms with E-state index in [4.69, 9.17) is 28.5 Å². The Morgan fingerprint density at radius 1 is 1.18 bits per heavy atom. The Morgan fingerprint density at radius 3 is 2.76 bits per heavy atom. The number of rotatable bonds is 2. The van der Waals surface area contributed by atoms with Gasteiger partial charge in [0.1, 0.15) is 0 Å². The Labute approximate surface area is 109 Å². The molecule has 84 valence electrons. The maximum Gasteiger partial charge on any atom is 0.0669 e. The predicted molar refractivity (Wildman–Crippen MR) is 69.0 cm³/mol. The SMILES string of the molecule is N#CCc1ccncc1-c1cc(Cl)ccc1Cl. The largest absolute Gasteiger partial charge is 0.264 e. The molecule has 0 unspecified atom stereocenters. The van der Waals surface area contributed by atoms with E-state index in [9.17, 15) is 0 Å². The Kier molecular flexibility index (Phi) is 3.63. The monoisotopic (exact) mass is 262 g/mol. The molecule has 0 saturated heterocycles. The fourth-order valence-corrected chi connectivity index (χ4v) is 2.00. The van der Waals surface area contributed by atoms with Gasteiger partial charge in [-0.3, -0.25) is 4.98 Å². The van der Waals surface area contributed by atoms with E-state index in [1.807, 2.05) is 6.07 Å². The number of nitrogens with zero attached hydrogens (tertiary/aromatic N) is 2. The molecule has 1 heterocycles. The second-order valence-corrected chi connectivity index (χ2v) is 4.34. The highest BCUT2D eigenvalue weighted by Gasteiger charge is 2.09. The van der Waals surface area contributed by atoms with Crippen molar-refractivity contribution in [3.63, 3.8) is 0 Å². The zero-order chi connectivity index (χ0) is 12.3. The van der Waals surface area contributed by atoms with Gasteiger partial charge >= 0.3 is 0 Å². The van der Waals surface area contributed by atoms with Crippen molar-refractivity contribution in [1.82, 2.24) is 4.98 Å². The van der Waals surface area contributed by atoms with Crippen LogP contribution in [0.4, 0.5) is 0 Å². The van der Waals surface area contributed by atoms with Crippen LogP contribution in [-0.2, 0) is 6.42 Å². The third-order valence-corrected chi connectivity index (χ3v) is 2.96. The van der Waals surface area contributed by atoms with Gasteiger partial charge in [-0.1, -0.05) is 23.2 Å². The molecule has 0 spiro atoms. The summed E-state index contributed by atoms with van der Waals surface area (Å²) in [4.78, 5) is 4.06. The zero-order valence-corrected chi connectivity index (χ0v) is 10.3. The Morgan fingerprint density at radius 2 is 2.00 bits per heavy atom.